The summed E-state index contributed by atoms with van der Waals surface area (Å²) in [6, 6.07) is 69.0. The Morgan fingerprint density at radius 2 is 0.907 bits per heavy atom. The Kier molecular flexibility index (Phi) is 6.82. The van der Waals surface area contributed by atoms with Gasteiger partial charge in [0.15, 0.2) is 0 Å². The average molecular weight is 689 g/mol. The largest absolute Gasteiger partial charge is 0.309 e. The van der Waals surface area contributed by atoms with Gasteiger partial charge in [-0.15, -0.1) is 0 Å². The van der Waals surface area contributed by atoms with Gasteiger partial charge in [-0.2, -0.15) is 0 Å². The van der Waals surface area contributed by atoms with Crippen LogP contribution in [0.2, 0.25) is 0 Å². The highest BCUT2D eigenvalue weighted by atomic mass is 15.1. The zero-order valence-electron chi connectivity index (χ0n) is 29.3. The van der Waals surface area contributed by atoms with Crippen molar-refractivity contribution in [3.8, 4) is 45.1 Å². The van der Waals surface area contributed by atoms with Crippen LogP contribution in [0.5, 0.6) is 0 Å². The fourth-order valence-electron chi connectivity index (χ4n) is 8.20. The van der Waals surface area contributed by atoms with Crippen LogP contribution >= 0.6 is 0 Å². The Morgan fingerprint density at radius 3 is 1.69 bits per heavy atom. The van der Waals surface area contributed by atoms with Crippen molar-refractivity contribution in [2.24, 2.45) is 0 Å². The predicted octanol–water partition coefficient (Wildman–Crippen LogP) is 12.8. The topological polar surface area (TPSA) is 35.6 Å². The fraction of sp³-hybridized carbons (Fsp3) is 0. The van der Waals surface area contributed by atoms with Gasteiger partial charge in [-0.3, -0.25) is 4.57 Å². The molecular weight excluding hydrogens is 657 g/mol. The van der Waals surface area contributed by atoms with E-state index in [0.29, 0.717) is 0 Å². The first-order valence-electron chi connectivity index (χ1n) is 18.3. The molecule has 0 spiro atoms. The maximum atomic E-state index is 5.36. The van der Waals surface area contributed by atoms with E-state index in [9.17, 15) is 0 Å². The first kappa shape index (κ1) is 30.3. The molecule has 0 fully saturated rings. The molecule has 8 aromatic carbocycles. The van der Waals surface area contributed by atoms with E-state index in [2.05, 4.69) is 191 Å². The molecule has 0 bridgehead atoms. The van der Waals surface area contributed by atoms with E-state index < -0.39 is 0 Å². The number of aromatic nitrogens is 4. The van der Waals surface area contributed by atoms with Crippen molar-refractivity contribution in [2.45, 2.75) is 0 Å². The van der Waals surface area contributed by atoms with E-state index in [-0.39, 0.29) is 0 Å². The van der Waals surface area contributed by atoms with Gasteiger partial charge in [0, 0.05) is 44.0 Å². The van der Waals surface area contributed by atoms with Gasteiger partial charge in [0.2, 0.25) is 0 Å². The Hall–Kier alpha value is -7.30. The van der Waals surface area contributed by atoms with Gasteiger partial charge in [-0.05, 0) is 83.2 Å². The number of fused-ring (bicyclic) bond motifs is 7. The lowest BCUT2D eigenvalue weighted by molar-refractivity contribution is 1.10. The lowest BCUT2D eigenvalue weighted by atomic mass is 9.95. The van der Waals surface area contributed by atoms with E-state index >= 15 is 0 Å². The lowest BCUT2D eigenvalue weighted by Crippen LogP contribution is -1.97. The summed E-state index contributed by atoms with van der Waals surface area (Å²) in [4.78, 5) is 10.4. The summed E-state index contributed by atoms with van der Waals surface area (Å²) < 4.78 is 4.63. The van der Waals surface area contributed by atoms with Gasteiger partial charge >= 0.3 is 0 Å². The molecule has 0 aliphatic heterocycles. The van der Waals surface area contributed by atoms with Crippen molar-refractivity contribution in [3.63, 3.8) is 0 Å². The van der Waals surface area contributed by atoms with Crippen molar-refractivity contribution < 1.29 is 0 Å². The Morgan fingerprint density at radius 1 is 0.296 bits per heavy atom. The first-order valence-corrected chi connectivity index (χ1v) is 18.3. The van der Waals surface area contributed by atoms with Crippen LogP contribution in [-0.2, 0) is 0 Å². The second-order valence-corrected chi connectivity index (χ2v) is 13.8. The molecule has 252 valence electrons. The molecule has 0 aliphatic carbocycles. The highest BCUT2D eigenvalue weighted by Crippen LogP contribution is 2.40. The minimum Gasteiger partial charge on any atom is -0.309 e. The number of imidazole rings is 1. The number of benzene rings is 8. The van der Waals surface area contributed by atoms with Crippen LogP contribution in [0.4, 0.5) is 0 Å². The van der Waals surface area contributed by atoms with Crippen LogP contribution in [-0.4, -0.2) is 19.1 Å². The van der Waals surface area contributed by atoms with Crippen LogP contribution < -0.4 is 0 Å². The van der Waals surface area contributed by atoms with Crippen molar-refractivity contribution in [3.05, 3.63) is 194 Å². The number of hydrogen-bond acceptors (Lipinski definition) is 2. The third kappa shape index (κ3) is 4.78. The van der Waals surface area contributed by atoms with Crippen molar-refractivity contribution >= 4 is 54.5 Å². The summed E-state index contributed by atoms with van der Waals surface area (Å²) in [5.41, 5.74) is 13.0. The molecule has 0 N–H and O–H groups in total. The summed E-state index contributed by atoms with van der Waals surface area (Å²) in [6.45, 7) is 0. The number of rotatable bonds is 5. The Labute approximate surface area is 311 Å². The zero-order valence-corrected chi connectivity index (χ0v) is 29.3. The molecule has 0 saturated carbocycles. The van der Waals surface area contributed by atoms with E-state index in [1.165, 1.54) is 27.2 Å². The third-order valence-corrected chi connectivity index (χ3v) is 10.7. The van der Waals surface area contributed by atoms with Crippen LogP contribution in [0.1, 0.15) is 0 Å². The smallest absolute Gasteiger partial charge is 0.145 e. The number of nitrogens with zero attached hydrogens (tertiary/aromatic N) is 4. The molecule has 3 heterocycles. The molecule has 0 radical (unpaired) electrons. The highest BCUT2D eigenvalue weighted by molar-refractivity contribution is 6.20. The minimum atomic E-state index is 0.925. The van der Waals surface area contributed by atoms with Crippen molar-refractivity contribution in [1.82, 2.24) is 19.1 Å². The van der Waals surface area contributed by atoms with Gasteiger partial charge in [0.1, 0.15) is 5.82 Å². The number of para-hydroxylation sites is 6. The molecule has 11 aromatic rings. The third-order valence-electron chi connectivity index (χ3n) is 10.7. The van der Waals surface area contributed by atoms with Gasteiger partial charge in [0.05, 0.1) is 33.3 Å². The molecule has 0 saturated heterocycles. The van der Waals surface area contributed by atoms with E-state index in [1.807, 2.05) is 12.1 Å². The molecular formula is C50H32N4. The molecule has 4 nitrogen and oxygen atoms in total. The van der Waals surface area contributed by atoms with E-state index in [1.54, 1.807) is 0 Å². The Balaban J connectivity index is 1.07. The van der Waals surface area contributed by atoms with Crippen LogP contribution in [0.3, 0.4) is 0 Å². The second kappa shape index (κ2) is 12.1. The van der Waals surface area contributed by atoms with Crippen LogP contribution in [0, 0.1) is 0 Å². The van der Waals surface area contributed by atoms with Crippen LogP contribution in [0.25, 0.3) is 99.7 Å². The number of hydrogen-bond donors (Lipinski definition) is 0. The minimum absolute atomic E-state index is 0.925. The Bertz CT molecular complexity index is 3190. The molecule has 0 aliphatic rings. The maximum Gasteiger partial charge on any atom is 0.145 e. The molecule has 0 amide bonds. The van der Waals surface area contributed by atoms with Crippen molar-refractivity contribution in [2.75, 3.05) is 0 Å². The van der Waals surface area contributed by atoms with E-state index in [0.717, 1.165) is 72.5 Å². The first-order chi connectivity index (χ1) is 26.8. The molecule has 54 heavy (non-hydrogen) atoms. The van der Waals surface area contributed by atoms with Gasteiger partial charge in [-0.25, -0.2) is 9.97 Å². The second-order valence-electron chi connectivity index (χ2n) is 13.8. The summed E-state index contributed by atoms with van der Waals surface area (Å²) in [7, 11) is 0. The number of pyridine rings is 1. The van der Waals surface area contributed by atoms with Crippen molar-refractivity contribution in [1.29, 1.82) is 0 Å². The molecule has 4 heteroatoms. The van der Waals surface area contributed by atoms with Gasteiger partial charge < -0.3 is 4.57 Å². The standard InChI is InChI=1S/C50H32N4/c1-3-16-37(17-4-1)53-46-24-11-8-21-40(46)42-31-41-39-20-7-9-22-44(39)51-49(43(41)32-48(42)53)36-15-13-14-35(30-36)33-26-28-34(29-27-33)50-52-45-23-10-12-25-47(45)54(50)38-18-5-2-6-19-38/h1-32H. The summed E-state index contributed by atoms with van der Waals surface area (Å²) in [5, 5.41) is 5.97. The molecule has 0 unspecified atom stereocenters. The quantitative estimate of drug-likeness (QED) is 0.169. The van der Waals surface area contributed by atoms with E-state index in [4.69, 9.17) is 9.97 Å². The SMILES string of the molecule is c1ccc(-n2c(-c3ccc(-c4cccc(-c5nc6ccccc6c6cc7c8ccccc8n(-c8ccccc8)c7cc56)c4)cc3)nc3ccccc32)cc1. The maximum absolute atomic E-state index is 5.36. The molecule has 11 rings (SSSR count). The fourth-order valence-corrected chi connectivity index (χ4v) is 8.20. The van der Waals surface area contributed by atoms with Crippen LogP contribution in [0.15, 0.2) is 194 Å². The molecule has 3 aromatic heterocycles. The summed E-state index contributed by atoms with van der Waals surface area (Å²) in [5.74, 6) is 0.925. The predicted molar refractivity (Wildman–Crippen MR) is 225 cm³/mol. The highest BCUT2D eigenvalue weighted by Gasteiger charge is 2.18. The normalized spacial score (nSPS) is 11.7. The average Bonchev–Trinajstić information content (AvgIpc) is 3.79. The summed E-state index contributed by atoms with van der Waals surface area (Å²) >= 11 is 0. The zero-order chi connectivity index (χ0) is 35.6. The summed E-state index contributed by atoms with van der Waals surface area (Å²) in [6.07, 6.45) is 0. The molecule has 0 atom stereocenters. The van der Waals surface area contributed by atoms with Gasteiger partial charge in [-0.1, -0.05) is 127 Å². The van der Waals surface area contributed by atoms with Gasteiger partial charge in [0.25, 0.3) is 0 Å². The lowest BCUT2D eigenvalue weighted by Gasteiger charge is -2.13. The monoisotopic (exact) mass is 688 g/mol.